The van der Waals surface area contributed by atoms with E-state index in [9.17, 15) is 13.2 Å². The van der Waals surface area contributed by atoms with E-state index in [1.54, 1.807) is 30.1 Å². The van der Waals surface area contributed by atoms with Crippen LogP contribution in [0.15, 0.2) is 53.4 Å². The van der Waals surface area contributed by atoms with Gasteiger partial charge in [-0.25, -0.2) is 8.42 Å². The number of para-hydroxylation sites is 1. The molecule has 0 N–H and O–H groups in total. The fourth-order valence-electron chi connectivity index (χ4n) is 4.03. The number of sulfonamides is 1. The summed E-state index contributed by atoms with van der Waals surface area (Å²) in [4.78, 5) is 17.5. The van der Waals surface area contributed by atoms with Crippen LogP contribution in [0, 0.1) is 5.92 Å². The second-order valence-corrected chi connectivity index (χ2v) is 10.1. The summed E-state index contributed by atoms with van der Waals surface area (Å²) < 4.78 is 27.7. The average Bonchev–Trinajstić information content (AvgIpc) is 2.79. The highest BCUT2D eigenvalue weighted by Gasteiger charge is 2.28. The van der Waals surface area contributed by atoms with Crippen molar-refractivity contribution in [2.45, 2.75) is 38.5 Å². The van der Waals surface area contributed by atoms with Gasteiger partial charge in [0.1, 0.15) is 0 Å². The molecule has 3 rings (SSSR count). The van der Waals surface area contributed by atoms with E-state index < -0.39 is 10.0 Å². The van der Waals surface area contributed by atoms with Gasteiger partial charge in [-0.15, -0.1) is 0 Å². The van der Waals surface area contributed by atoms with E-state index in [0.717, 1.165) is 37.3 Å². The number of carbonyl (C=O) groups is 1. The fraction of sp³-hybridized carbons (Fsp3) is 0.458. The van der Waals surface area contributed by atoms with Crippen molar-refractivity contribution >= 4 is 27.3 Å². The van der Waals surface area contributed by atoms with Gasteiger partial charge in [0.15, 0.2) is 0 Å². The lowest BCUT2D eigenvalue weighted by Gasteiger charge is -2.34. The zero-order valence-corrected chi connectivity index (χ0v) is 19.7. The Bertz CT molecular complexity index is 996. The summed E-state index contributed by atoms with van der Waals surface area (Å²) in [5, 5.41) is 0. The third-order valence-electron chi connectivity index (χ3n) is 6.11. The van der Waals surface area contributed by atoms with E-state index in [0.29, 0.717) is 24.6 Å². The Morgan fingerprint density at radius 2 is 1.65 bits per heavy atom. The van der Waals surface area contributed by atoms with Crippen LogP contribution in [-0.2, 0) is 10.0 Å². The second kappa shape index (κ2) is 9.83. The molecule has 0 spiro atoms. The summed E-state index contributed by atoms with van der Waals surface area (Å²) in [5.74, 6) is 0.445. The Hall–Kier alpha value is -2.38. The lowest BCUT2D eigenvalue weighted by Crippen LogP contribution is -2.36. The first kappa shape index (κ1) is 23.3. The molecule has 168 valence electrons. The number of amides is 1. The number of hydrogen-bond acceptors (Lipinski definition) is 4. The summed E-state index contributed by atoms with van der Waals surface area (Å²) in [6.45, 7) is 8.37. The monoisotopic (exact) mass is 443 g/mol. The maximum Gasteiger partial charge on any atom is 0.260 e. The van der Waals surface area contributed by atoms with Gasteiger partial charge in [-0.2, -0.15) is 4.31 Å². The van der Waals surface area contributed by atoms with Crippen molar-refractivity contribution in [3.05, 3.63) is 54.1 Å². The molecule has 1 aliphatic heterocycles. The van der Waals surface area contributed by atoms with Crippen LogP contribution >= 0.6 is 0 Å². The minimum Gasteiger partial charge on any atom is -0.371 e. The predicted molar refractivity (Wildman–Crippen MR) is 126 cm³/mol. The highest BCUT2D eigenvalue weighted by molar-refractivity contribution is 7.89. The Morgan fingerprint density at radius 3 is 2.23 bits per heavy atom. The molecule has 0 unspecified atom stereocenters. The first-order valence-corrected chi connectivity index (χ1v) is 12.5. The molecule has 2 aromatic rings. The second-order valence-electron chi connectivity index (χ2n) is 8.14. The molecular formula is C24H33N3O3S. The van der Waals surface area contributed by atoms with E-state index in [1.165, 1.54) is 4.31 Å². The molecule has 1 heterocycles. The van der Waals surface area contributed by atoms with Gasteiger partial charge in [0.25, 0.3) is 5.91 Å². The molecule has 1 fully saturated rings. The SMILES string of the molecule is CCN(CC)S(=O)(=O)c1ccc(N2CCC(C)CC2)c(C(=O)N(C)c2ccccc2)c1. The van der Waals surface area contributed by atoms with Crippen LogP contribution < -0.4 is 9.80 Å². The van der Waals surface area contributed by atoms with Gasteiger partial charge < -0.3 is 9.80 Å². The standard InChI is InChI=1S/C24H33N3O3S/c1-5-27(6-2)31(29,30)21-12-13-23(26-16-14-19(3)15-17-26)22(18-21)24(28)25(4)20-10-8-7-9-11-20/h7-13,18-19H,5-6,14-17H2,1-4H3. The molecule has 0 aliphatic carbocycles. The van der Waals surface area contributed by atoms with Gasteiger partial charge in [0.2, 0.25) is 10.0 Å². The maximum absolute atomic E-state index is 13.6. The van der Waals surface area contributed by atoms with E-state index in [1.807, 2.05) is 44.2 Å². The van der Waals surface area contributed by atoms with Crippen molar-refractivity contribution < 1.29 is 13.2 Å². The number of rotatable bonds is 7. The number of carbonyl (C=O) groups excluding carboxylic acids is 1. The van der Waals surface area contributed by atoms with Crippen LogP contribution in [0.25, 0.3) is 0 Å². The molecule has 6 nitrogen and oxygen atoms in total. The largest absolute Gasteiger partial charge is 0.371 e. The first-order valence-electron chi connectivity index (χ1n) is 11.0. The Kier molecular flexibility index (Phi) is 7.38. The molecule has 1 aliphatic rings. The van der Waals surface area contributed by atoms with Gasteiger partial charge in [0.05, 0.1) is 10.5 Å². The maximum atomic E-state index is 13.6. The summed E-state index contributed by atoms with van der Waals surface area (Å²) >= 11 is 0. The first-order chi connectivity index (χ1) is 14.8. The normalized spacial score (nSPS) is 15.3. The van der Waals surface area contributed by atoms with Gasteiger partial charge in [0, 0.05) is 44.6 Å². The molecule has 0 radical (unpaired) electrons. The topological polar surface area (TPSA) is 60.9 Å². The van der Waals surface area contributed by atoms with Crippen LogP contribution in [0.1, 0.15) is 44.0 Å². The van der Waals surface area contributed by atoms with Crippen molar-refractivity contribution in [3.8, 4) is 0 Å². The fourth-order valence-corrected chi connectivity index (χ4v) is 5.52. The van der Waals surface area contributed by atoms with Crippen molar-refractivity contribution in [2.75, 3.05) is 43.0 Å². The zero-order valence-electron chi connectivity index (χ0n) is 18.9. The minimum atomic E-state index is -3.66. The molecule has 0 atom stereocenters. The van der Waals surface area contributed by atoms with E-state index >= 15 is 0 Å². The van der Waals surface area contributed by atoms with E-state index in [2.05, 4.69) is 11.8 Å². The molecule has 31 heavy (non-hydrogen) atoms. The Morgan fingerprint density at radius 1 is 1.03 bits per heavy atom. The van der Waals surface area contributed by atoms with Crippen molar-refractivity contribution in [1.29, 1.82) is 0 Å². The number of hydrogen-bond donors (Lipinski definition) is 0. The lowest BCUT2D eigenvalue weighted by atomic mass is 9.98. The number of piperidine rings is 1. The lowest BCUT2D eigenvalue weighted by molar-refractivity contribution is 0.0993. The van der Waals surface area contributed by atoms with Crippen LogP contribution in [0.5, 0.6) is 0 Å². The minimum absolute atomic E-state index is 0.162. The van der Waals surface area contributed by atoms with Crippen molar-refractivity contribution in [2.24, 2.45) is 5.92 Å². The Balaban J connectivity index is 2.07. The third-order valence-corrected chi connectivity index (χ3v) is 8.16. The van der Waals surface area contributed by atoms with Crippen LogP contribution in [0.3, 0.4) is 0 Å². The van der Waals surface area contributed by atoms with Crippen molar-refractivity contribution in [1.82, 2.24) is 4.31 Å². The highest BCUT2D eigenvalue weighted by atomic mass is 32.2. The molecule has 0 saturated carbocycles. The smallest absolute Gasteiger partial charge is 0.260 e. The van der Waals surface area contributed by atoms with Crippen LogP contribution in [0.2, 0.25) is 0 Å². The predicted octanol–water partition coefficient (Wildman–Crippen LogP) is 4.23. The summed E-state index contributed by atoms with van der Waals surface area (Å²) in [6.07, 6.45) is 2.11. The zero-order chi connectivity index (χ0) is 22.6. The highest BCUT2D eigenvalue weighted by Crippen LogP contribution is 2.31. The van der Waals surface area contributed by atoms with Crippen LogP contribution in [-0.4, -0.2) is 51.9 Å². The van der Waals surface area contributed by atoms with Gasteiger partial charge >= 0.3 is 0 Å². The van der Waals surface area contributed by atoms with Gasteiger partial charge in [-0.3, -0.25) is 4.79 Å². The molecule has 1 saturated heterocycles. The van der Waals surface area contributed by atoms with Gasteiger partial charge in [-0.1, -0.05) is 39.0 Å². The molecule has 0 aromatic heterocycles. The molecule has 0 bridgehead atoms. The molecule has 1 amide bonds. The van der Waals surface area contributed by atoms with Crippen molar-refractivity contribution in [3.63, 3.8) is 0 Å². The average molecular weight is 444 g/mol. The van der Waals surface area contributed by atoms with Gasteiger partial charge in [-0.05, 0) is 49.1 Å². The molecule has 2 aromatic carbocycles. The van der Waals surface area contributed by atoms with E-state index in [-0.39, 0.29) is 10.8 Å². The van der Waals surface area contributed by atoms with E-state index in [4.69, 9.17) is 0 Å². The number of nitrogens with zero attached hydrogens (tertiary/aromatic N) is 3. The number of benzene rings is 2. The quantitative estimate of drug-likeness (QED) is 0.643. The number of anilines is 2. The molecule has 7 heteroatoms. The summed E-state index contributed by atoms with van der Waals surface area (Å²) in [7, 11) is -1.93. The summed E-state index contributed by atoms with van der Waals surface area (Å²) in [6, 6.07) is 14.4. The molecular weight excluding hydrogens is 410 g/mol. The Labute approximate surface area is 186 Å². The summed E-state index contributed by atoms with van der Waals surface area (Å²) in [5.41, 5.74) is 2.00. The third kappa shape index (κ3) is 4.93. The van der Waals surface area contributed by atoms with Crippen LogP contribution in [0.4, 0.5) is 11.4 Å².